The highest BCUT2D eigenvalue weighted by molar-refractivity contribution is 5.19. The molecule has 3 atom stereocenters. The number of hydrogen-bond donors (Lipinski definition) is 1. The first-order chi connectivity index (χ1) is 9.69. The standard InChI is InChI=1S/C18H29NO/c1-14(2)12-18(15-8-5-4-6-9-15)19-16-10-7-11-17(13-16)20-3/h4-6,8-9,14,16-19H,7,10-13H2,1-3H3. The lowest BCUT2D eigenvalue weighted by Gasteiger charge is -2.33. The maximum Gasteiger partial charge on any atom is 0.0586 e. The van der Waals surface area contributed by atoms with Crippen molar-refractivity contribution in [1.82, 2.24) is 5.32 Å². The Morgan fingerprint density at radius 3 is 2.60 bits per heavy atom. The molecule has 0 heterocycles. The largest absolute Gasteiger partial charge is 0.381 e. The van der Waals surface area contributed by atoms with Crippen LogP contribution in [0, 0.1) is 5.92 Å². The van der Waals surface area contributed by atoms with Crippen LogP contribution in [0.2, 0.25) is 0 Å². The molecule has 0 radical (unpaired) electrons. The van der Waals surface area contributed by atoms with Crippen molar-refractivity contribution >= 4 is 0 Å². The Bertz CT molecular complexity index is 376. The van der Waals surface area contributed by atoms with Crippen LogP contribution in [-0.2, 0) is 4.74 Å². The van der Waals surface area contributed by atoms with Crippen LogP contribution in [-0.4, -0.2) is 19.3 Å². The second kappa shape index (κ2) is 7.80. The van der Waals surface area contributed by atoms with Crippen LogP contribution < -0.4 is 5.32 Å². The molecule has 2 rings (SSSR count). The molecule has 3 unspecified atom stereocenters. The van der Waals surface area contributed by atoms with Crippen molar-refractivity contribution in [3.8, 4) is 0 Å². The fraction of sp³-hybridized carbons (Fsp3) is 0.667. The highest BCUT2D eigenvalue weighted by Gasteiger charge is 2.24. The van der Waals surface area contributed by atoms with Crippen LogP contribution in [0.25, 0.3) is 0 Å². The zero-order chi connectivity index (χ0) is 14.4. The molecule has 1 fully saturated rings. The smallest absolute Gasteiger partial charge is 0.0586 e. The highest BCUT2D eigenvalue weighted by Crippen LogP contribution is 2.26. The molecule has 0 spiro atoms. The van der Waals surface area contributed by atoms with E-state index in [0.717, 1.165) is 6.42 Å². The molecule has 0 amide bonds. The second-order valence-electron chi connectivity index (χ2n) is 6.48. The summed E-state index contributed by atoms with van der Waals surface area (Å²) in [5.74, 6) is 0.703. The molecule has 2 heteroatoms. The van der Waals surface area contributed by atoms with E-state index in [0.29, 0.717) is 24.1 Å². The average Bonchev–Trinajstić information content (AvgIpc) is 2.47. The summed E-state index contributed by atoms with van der Waals surface area (Å²) in [6.45, 7) is 4.60. The molecule has 2 nitrogen and oxygen atoms in total. The third kappa shape index (κ3) is 4.60. The van der Waals surface area contributed by atoms with Gasteiger partial charge in [-0.05, 0) is 43.6 Å². The van der Waals surface area contributed by atoms with Crippen LogP contribution in [0.4, 0.5) is 0 Å². The molecule has 1 N–H and O–H groups in total. The predicted octanol–water partition coefficient (Wildman–Crippen LogP) is 4.32. The van der Waals surface area contributed by atoms with Crippen LogP contribution in [0.3, 0.4) is 0 Å². The number of rotatable bonds is 6. The van der Waals surface area contributed by atoms with Crippen LogP contribution in [0.15, 0.2) is 30.3 Å². The Balaban J connectivity index is 2.00. The molecule has 0 aliphatic heterocycles. The zero-order valence-corrected chi connectivity index (χ0v) is 13.1. The molecule has 1 aromatic rings. The highest BCUT2D eigenvalue weighted by atomic mass is 16.5. The Morgan fingerprint density at radius 1 is 1.20 bits per heavy atom. The van der Waals surface area contributed by atoms with Gasteiger partial charge >= 0.3 is 0 Å². The van der Waals surface area contributed by atoms with Gasteiger partial charge in [-0.2, -0.15) is 0 Å². The summed E-state index contributed by atoms with van der Waals surface area (Å²) >= 11 is 0. The fourth-order valence-electron chi connectivity index (χ4n) is 3.25. The monoisotopic (exact) mass is 275 g/mol. The maximum atomic E-state index is 5.55. The first-order valence-electron chi connectivity index (χ1n) is 8.02. The van der Waals surface area contributed by atoms with Gasteiger partial charge in [0.15, 0.2) is 0 Å². The Morgan fingerprint density at radius 2 is 1.95 bits per heavy atom. The lowest BCUT2D eigenvalue weighted by Crippen LogP contribution is -2.39. The van der Waals surface area contributed by atoms with Crippen molar-refractivity contribution in [3.63, 3.8) is 0 Å². The van der Waals surface area contributed by atoms with Gasteiger partial charge in [0.05, 0.1) is 6.10 Å². The SMILES string of the molecule is COC1CCCC(NC(CC(C)C)c2ccccc2)C1. The number of nitrogens with one attached hydrogen (secondary N) is 1. The van der Waals surface area contributed by atoms with E-state index < -0.39 is 0 Å². The van der Waals surface area contributed by atoms with Gasteiger partial charge in [0, 0.05) is 19.2 Å². The van der Waals surface area contributed by atoms with Crippen molar-refractivity contribution in [2.24, 2.45) is 5.92 Å². The van der Waals surface area contributed by atoms with Crippen LogP contribution >= 0.6 is 0 Å². The van der Waals surface area contributed by atoms with E-state index in [1.165, 1.54) is 31.2 Å². The van der Waals surface area contributed by atoms with Gasteiger partial charge in [-0.25, -0.2) is 0 Å². The minimum atomic E-state index is 0.441. The minimum absolute atomic E-state index is 0.441. The lowest BCUT2D eigenvalue weighted by molar-refractivity contribution is 0.0563. The number of ether oxygens (including phenoxy) is 1. The lowest BCUT2D eigenvalue weighted by atomic mass is 9.90. The average molecular weight is 275 g/mol. The van der Waals surface area contributed by atoms with E-state index >= 15 is 0 Å². The van der Waals surface area contributed by atoms with E-state index in [1.54, 1.807) is 0 Å². The van der Waals surface area contributed by atoms with Gasteiger partial charge in [-0.1, -0.05) is 44.2 Å². The van der Waals surface area contributed by atoms with Crippen molar-refractivity contribution in [1.29, 1.82) is 0 Å². The number of methoxy groups -OCH3 is 1. The quantitative estimate of drug-likeness (QED) is 0.834. The van der Waals surface area contributed by atoms with Gasteiger partial charge in [0.25, 0.3) is 0 Å². The molecular formula is C18H29NO. The summed E-state index contributed by atoms with van der Waals surface area (Å²) in [6, 6.07) is 11.9. The molecule has 0 bridgehead atoms. The summed E-state index contributed by atoms with van der Waals surface area (Å²) in [6.07, 6.45) is 6.56. The van der Waals surface area contributed by atoms with Crippen LogP contribution in [0.5, 0.6) is 0 Å². The van der Waals surface area contributed by atoms with Crippen molar-refractivity contribution < 1.29 is 4.74 Å². The molecule has 1 saturated carbocycles. The van der Waals surface area contributed by atoms with E-state index in [-0.39, 0.29) is 0 Å². The molecule has 0 aromatic heterocycles. The molecule has 112 valence electrons. The molecule has 0 saturated heterocycles. The minimum Gasteiger partial charge on any atom is -0.381 e. The summed E-state index contributed by atoms with van der Waals surface area (Å²) in [4.78, 5) is 0. The third-order valence-corrected chi connectivity index (χ3v) is 4.31. The third-order valence-electron chi connectivity index (χ3n) is 4.31. The molecular weight excluding hydrogens is 246 g/mol. The Labute approximate surface area is 123 Å². The first kappa shape index (κ1) is 15.5. The van der Waals surface area contributed by atoms with Gasteiger partial charge in [-0.15, -0.1) is 0 Å². The van der Waals surface area contributed by atoms with Crippen molar-refractivity contribution in [3.05, 3.63) is 35.9 Å². The summed E-state index contributed by atoms with van der Waals surface area (Å²) in [7, 11) is 1.84. The molecule has 1 aromatic carbocycles. The van der Waals surface area contributed by atoms with E-state index in [2.05, 4.69) is 49.5 Å². The van der Waals surface area contributed by atoms with Gasteiger partial charge in [0.1, 0.15) is 0 Å². The zero-order valence-electron chi connectivity index (χ0n) is 13.1. The Kier molecular flexibility index (Phi) is 6.06. The number of hydrogen-bond acceptors (Lipinski definition) is 2. The van der Waals surface area contributed by atoms with Gasteiger partial charge in [0.2, 0.25) is 0 Å². The second-order valence-corrected chi connectivity index (χ2v) is 6.48. The van der Waals surface area contributed by atoms with Crippen molar-refractivity contribution in [2.75, 3.05) is 7.11 Å². The van der Waals surface area contributed by atoms with E-state index in [9.17, 15) is 0 Å². The summed E-state index contributed by atoms with van der Waals surface area (Å²) < 4.78 is 5.55. The predicted molar refractivity (Wildman–Crippen MR) is 84.8 cm³/mol. The normalized spacial score (nSPS) is 24.8. The summed E-state index contributed by atoms with van der Waals surface area (Å²) in [5, 5.41) is 3.89. The topological polar surface area (TPSA) is 21.3 Å². The Hall–Kier alpha value is -0.860. The van der Waals surface area contributed by atoms with Gasteiger partial charge < -0.3 is 10.1 Å². The summed E-state index contributed by atoms with van der Waals surface area (Å²) in [5.41, 5.74) is 1.42. The van der Waals surface area contributed by atoms with E-state index in [1.807, 2.05) is 7.11 Å². The van der Waals surface area contributed by atoms with E-state index in [4.69, 9.17) is 4.74 Å². The maximum absolute atomic E-state index is 5.55. The number of benzene rings is 1. The fourth-order valence-corrected chi connectivity index (χ4v) is 3.25. The molecule has 1 aliphatic rings. The van der Waals surface area contributed by atoms with Crippen molar-refractivity contribution in [2.45, 2.75) is 64.1 Å². The van der Waals surface area contributed by atoms with Crippen LogP contribution in [0.1, 0.15) is 57.6 Å². The first-order valence-corrected chi connectivity index (χ1v) is 8.02. The molecule has 20 heavy (non-hydrogen) atoms. The molecule has 1 aliphatic carbocycles. The van der Waals surface area contributed by atoms with Gasteiger partial charge in [-0.3, -0.25) is 0 Å².